The Morgan fingerprint density at radius 1 is 1.14 bits per heavy atom. The van der Waals surface area contributed by atoms with Gasteiger partial charge in [-0.05, 0) is 26.0 Å². The molecular weight excluding hydrogens is 264 g/mol. The van der Waals surface area contributed by atoms with Gasteiger partial charge in [-0.3, -0.25) is 4.68 Å². The minimum Gasteiger partial charge on any atom is -0.319 e. The normalized spacial score (nSPS) is 12.6. The maximum Gasteiger partial charge on any atom is 0.0859 e. The first-order valence-corrected chi connectivity index (χ1v) is 6.81. The van der Waals surface area contributed by atoms with E-state index < -0.39 is 0 Å². The zero-order chi connectivity index (χ0) is 15.0. The second-order valence-corrected chi connectivity index (χ2v) is 5.09. The van der Waals surface area contributed by atoms with Gasteiger partial charge in [0.2, 0.25) is 0 Å². The number of hydrogen-bond donors (Lipinski definition) is 1. The van der Waals surface area contributed by atoms with Gasteiger partial charge in [-0.25, -0.2) is 4.68 Å². The van der Waals surface area contributed by atoms with Gasteiger partial charge in [-0.2, -0.15) is 5.10 Å². The lowest BCUT2D eigenvalue weighted by Gasteiger charge is -2.14. The molecule has 0 fully saturated rings. The van der Waals surface area contributed by atoms with Gasteiger partial charge >= 0.3 is 0 Å². The highest BCUT2D eigenvalue weighted by atomic mass is 15.4. The van der Waals surface area contributed by atoms with Crippen LogP contribution < -0.4 is 5.73 Å². The molecule has 0 aliphatic heterocycles. The van der Waals surface area contributed by atoms with E-state index in [0.717, 1.165) is 28.3 Å². The van der Waals surface area contributed by atoms with Crippen molar-refractivity contribution in [2.24, 2.45) is 12.8 Å². The molecule has 0 aliphatic carbocycles. The molecule has 2 heterocycles. The van der Waals surface area contributed by atoms with Gasteiger partial charge in [0.15, 0.2) is 0 Å². The summed E-state index contributed by atoms with van der Waals surface area (Å²) < 4.78 is 3.62. The van der Waals surface area contributed by atoms with Crippen LogP contribution in [-0.2, 0) is 7.05 Å². The van der Waals surface area contributed by atoms with Crippen LogP contribution in [0.4, 0.5) is 0 Å². The number of para-hydroxylation sites is 1. The van der Waals surface area contributed by atoms with Crippen molar-refractivity contribution in [1.29, 1.82) is 0 Å². The van der Waals surface area contributed by atoms with Crippen molar-refractivity contribution in [3.8, 4) is 5.69 Å². The smallest absolute Gasteiger partial charge is 0.0859 e. The molecule has 0 radical (unpaired) electrons. The Morgan fingerprint density at radius 2 is 1.86 bits per heavy atom. The standard InChI is InChI=1S/C15H18N6/c1-10-14(11(2)20(3)18-10)15(16)13-9-17-19-21(13)12-7-5-4-6-8-12/h4-9,15H,16H2,1-3H3. The van der Waals surface area contributed by atoms with Crippen molar-refractivity contribution in [2.75, 3.05) is 0 Å². The molecule has 6 nitrogen and oxygen atoms in total. The Hall–Kier alpha value is -2.47. The molecule has 2 N–H and O–H groups in total. The van der Waals surface area contributed by atoms with E-state index in [1.807, 2.05) is 55.9 Å². The van der Waals surface area contributed by atoms with E-state index in [4.69, 9.17) is 5.73 Å². The number of aryl methyl sites for hydroxylation is 2. The molecule has 2 aromatic heterocycles. The predicted octanol–water partition coefficient (Wildman–Crippen LogP) is 1.67. The fourth-order valence-corrected chi connectivity index (χ4v) is 2.61. The third kappa shape index (κ3) is 2.23. The van der Waals surface area contributed by atoms with E-state index >= 15 is 0 Å². The fourth-order valence-electron chi connectivity index (χ4n) is 2.61. The highest BCUT2D eigenvalue weighted by Crippen LogP contribution is 2.26. The highest BCUT2D eigenvalue weighted by Gasteiger charge is 2.22. The van der Waals surface area contributed by atoms with Crippen LogP contribution in [0.2, 0.25) is 0 Å². The van der Waals surface area contributed by atoms with Gasteiger partial charge in [-0.1, -0.05) is 23.4 Å². The largest absolute Gasteiger partial charge is 0.319 e. The Kier molecular flexibility index (Phi) is 3.31. The Labute approximate surface area is 123 Å². The zero-order valence-corrected chi connectivity index (χ0v) is 12.4. The van der Waals surface area contributed by atoms with Crippen molar-refractivity contribution in [3.05, 3.63) is 59.2 Å². The predicted molar refractivity (Wildman–Crippen MR) is 80.1 cm³/mol. The number of benzene rings is 1. The van der Waals surface area contributed by atoms with Crippen molar-refractivity contribution in [3.63, 3.8) is 0 Å². The number of nitrogens with zero attached hydrogens (tertiary/aromatic N) is 5. The summed E-state index contributed by atoms with van der Waals surface area (Å²) in [6.07, 6.45) is 1.71. The van der Waals surface area contributed by atoms with Crippen LogP contribution in [0.25, 0.3) is 5.69 Å². The van der Waals surface area contributed by atoms with Crippen molar-refractivity contribution in [2.45, 2.75) is 19.9 Å². The minimum atomic E-state index is -0.311. The van der Waals surface area contributed by atoms with E-state index in [1.54, 1.807) is 10.9 Å². The number of hydrogen-bond acceptors (Lipinski definition) is 4. The van der Waals surface area contributed by atoms with Crippen molar-refractivity contribution >= 4 is 0 Å². The molecule has 0 saturated heterocycles. The zero-order valence-electron chi connectivity index (χ0n) is 12.4. The van der Waals surface area contributed by atoms with Crippen LogP contribution in [-0.4, -0.2) is 24.8 Å². The molecule has 6 heteroatoms. The second-order valence-electron chi connectivity index (χ2n) is 5.09. The molecule has 21 heavy (non-hydrogen) atoms. The maximum absolute atomic E-state index is 6.46. The molecular formula is C15H18N6. The lowest BCUT2D eigenvalue weighted by Crippen LogP contribution is -2.18. The summed E-state index contributed by atoms with van der Waals surface area (Å²) in [6.45, 7) is 3.99. The fraction of sp³-hybridized carbons (Fsp3) is 0.267. The molecule has 0 spiro atoms. The third-order valence-electron chi connectivity index (χ3n) is 3.77. The second kappa shape index (κ2) is 5.14. The summed E-state index contributed by atoms with van der Waals surface area (Å²) in [7, 11) is 1.92. The monoisotopic (exact) mass is 282 g/mol. The first-order chi connectivity index (χ1) is 10.1. The van der Waals surface area contributed by atoms with E-state index in [1.165, 1.54) is 0 Å². The van der Waals surface area contributed by atoms with E-state index in [0.29, 0.717) is 0 Å². The molecule has 1 unspecified atom stereocenters. The molecule has 0 bridgehead atoms. The SMILES string of the molecule is Cc1nn(C)c(C)c1C(N)c1cnnn1-c1ccccc1. The average Bonchev–Trinajstić information content (AvgIpc) is 3.05. The van der Waals surface area contributed by atoms with Gasteiger partial charge in [0, 0.05) is 18.3 Å². The number of rotatable bonds is 3. The maximum atomic E-state index is 6.46. The summed E-state index contributed by atoms with van der Waals surface area (Å²) in [5.74, 6) is 0. The number of aromatic nitrogens is 5. The third-order valence-corrected chi connectivity index (χ3v) is 3.77. The van der Waals surface area contributed by atoms with Crippen LogP contribution in [0.5, 0.6) is 0 Å². The van der Waals surface area contributed by atoms with Crippen LogP contribution >= 0.6 is 0 Å². The van der Waals surface area contributed by atoms with Crippen molar-refractivity contribution < 1.29 is 0 Å². The number of nitrogens with two attached hydrogens (primary N) is 1. The topological polar surface area (TPSA) is 74.6 Å². The molecule has 0 saturated carbocycles. The molecule has 0 aliphatic rings. The molecule has 0 amide bonds. The molecule has 108 valence electrons. The van der Waals surface area contributed by atoms with Crippen LogP contribution in [0.3, 0.4) is 0 Å². The quantitative estimate of drug-likeness (QED) is 0.793. The Morgan fingerprint density at radius 3 is 2.48 bits per heavy atom. The van der Waals surface area contributed by atoms with Gasteiger partial charge in [-0.15, -0.1) is 5.10 Å². The Balaban J connectivity index is 2.08. The van der Waals surface area contributed by atoms with Gasteiger partial charge in [0.1, 0.15) is 0 Å². The molecule has 1 atom stereocenters. The summed E-state index contributed by atoms with van der Waals surface area (Å²) in [5, 5.41) is 12.6. The summed E-state index contributed by atoms with van der Waals surface area (Å²) in [5.41, 5.74) is 11.3. The lowest BCUT2D eigenvalue weighted by molar-refractivity contribution is 0.708. The first-order valence-electron chi connectivity index (χ1n) is 6.81. The molecule has 1 aromatic carbocycles. The van der Waals surface area contributed by atoms with Crippen molar-refractivity contribution in [1.82, 2.24) is 24.8 Å². The van der Waals surface area contributed by atoms with Crippen LogP contribution in [0.15, 0.2) is 36.5 Å². The first kappa shape index (κ1) is 13.5. The summed E-state index contributed by atoms with van der Waals surface area (Å²) >= 11 is 0. The average molecular weight is 282 g/mol. The Bertz CT molecular complexity index is 756. The molecule has 3 rings (SSSR count). The highest BCUT2D eigenvalue weighted by molar-refractivity contribution is 5.38. The van der Waals surface area contributed by atoms with Gasteiger partial charge in [0.05, 0.1) is 29.3 Å². The van der Waals surface area contributed by atoms with E-state index in [9.17, 15) is 0 Å². The summed E-state index contributed by atoms with van der Waals surface area (Å²) in [4.78, 5) is 0. The minimum absolute atomic E-state index is 0.311. The van der Waals surface area contributed by atoms with E-state index in [-0.39, 0.29) is 6.04 Å². The lowest BCUT2D eigenvalue weighted by atomic mass is 10.0. The molecule has 3 aromatic rings. The van der Waals surface area contributed by atoms with E-state index in [2.05, 4.69) is 15.4 Å². The van der Waals surface area contributed by atoms with Crippen LogP contribution in [0.1, 0.15) is 28.7 Å². The van der Waals surface area contributed by atoms with Crippen LogP contribution in [0, 0.1) is 13.8 Å². The summed E-state index contributed by atoms with van der Waals surface area (Å²) in [6, 6.07) is 9.55. The van der Waals surface area contributed by atoms with Gasteiger partial charge < -0.3 is 5.73 Å². The van der Waals surface area contributed by atoms with Gasteiger partial charge in [0.25, 0.3) is 0 Å².